The van der Waals surface area contributed by atoms with Gasteiger partial charge in [0.1, 0.15) is 0 Å². The van der Waals surface area contributed by atoms with Crippen LogP contribution in [0, 0.1) is 0 Å². The molecule has 0 unspecified atom stereocenters. The van der Waals surface area contributed by atoms with Gasteiger partial charge >= 0.3 is 0 Å². The molecule has 0 atom stereocenters. The molecule has 0 amide bonds. The van der Waals surface area contributed by atoms with Crippen molar-refractivity contribution >= 4 is 11.4 Å². The Hall–Kier alpha value is -1.18. The second-order valence-corrected chi connectivity index (χ2v) is 3.01. The Bertz CT molecular complexity index is 349. The maximum atomic E-state index is 7.89. The smallest absolute Gasteiger partial charge is 0.0237 e. The molecule has 2 aromatic carbocycles. The molecule has 0 radical (unpaired) electrons. The Labute approximate surface area is 102 Å². The summed E-state index contributed by atoms with van der Waals surface area (Å²) in [6.45, 7) is 0. The minimum absolute atomic E-state index is 0. The van der Waals surface area contributed by atoms with E-state index in [0.717, 1.165) is 11.4 Å². The van der Waals surface area contributed by atoms with E-state index in [1.165, 1.54) is 5.01 Å². The summed E-state index contributed by atoms with van der Waals surface area (Å²) in [7, 11) is 0. The number of hydrogen-bond acceptors (Lipinski definition) is 1. The minimum Gasteiger partial charge on any atom is -0.578 e. The van der Waals surface area contributed by atoms with E-state index in [1.807, 2.05) is 60.7 Å². The molecule has 0 spiro atoms. The van der Waals surface area contributed by atoms with Crippen molar-refractivity contribution in [2.45, 2.75) is 0 Å². The third kappa shape index (κ3) is 2.88. The van der Waals surface area contributed by atoms with E-state index < -0.39 is 0 Å². The van der Waals surface area contributed by atoms with Crippen molar-refractivity contribution in [3.05, 3.63) is 66.5 Å². The number of para-hydroxylation sites is 2. The van der Waals surface area contributed by atoms with Crippen LogP contribution in [0.3, 0.4) is 0 Å². The van der Waals surface area contributed by atoms with Gasteiger partial charge in [-0.2, -0.15) is 0 Å². The zero-order valence-corrected chi connectivity index (χ0v) is 11.4. The first-order valence-corrected chi connectivity index (χ1v) is 4.49. The van der Waals surface area contributed by atoms with Gasteiger partial charge in [0.15, 0.2) is 0 Å². The zero-order valence-electron chi connectivity index (χ0n) is 8.43. The van der Waals surface area contributed by atoms with Gasteiger partial charge in [-0.05, 0) is 24.3 Å². The predicted molar refractivity (Wildman–Crippen MR) is 59.3 cm³/mol. The third-order valence-corrected chi connectivity index (χ3v) is 2.03. The second kappa shape index (κ2) is 5.64. The number of benzene rings is 2. The van der Waals surface area contributed by atoms with E-state index in [0.29, 0.717) is 0 Å². The van der Waals surface area contributed by atoms with Crippen LogP contribution in [-0.2, 0) is 19.5 Å². The SMILES string of the molecule is [NH-]N(c1ccccc1)c1ccccc1.[Zn]. The average molecular weight is 249 g/mol. The minimum atomic E-state index is 0. The summed E-state index contributed by atoms with van der Waals surface area (Å²) in [5.41, 5.74) is 1.75. The molecule has 0 aliphatic rings. The van der Waals surface area contributed by atoms with Crippen molar-refractivity contribution in [1.82, 2.24) is 0 Å². The average Bonchev–Trinajstić information content (AvgIpc) is 2.30. The Kier molecular flexibility index (Phi) is 4.48. The van der Waals surface area contributed by atoms with Crippen LogP contribution in [0.15, 0.2) is 60.7 Å². The van der Waals surface area contributed by atoms with Crippen LogP contribution in [0.2, 0.25) is 0 Å². The molecule has 0 saturated carbocycles. The van der Waals surface area contributed by atoms with E-state index in [-0.39, 0.29) is 19.5 Å². The van der Waals surface area contributed by atoms with Gasteiger partial charge < -0.3 is 10.9 Å². The first-order chi connectivity index (χ1) is 6.88. The van der Waals surface area contributed by atoms with Gasteiger partial charge in [-0.15, -0.1) is 0 Å². The molecule has 2 rings (SSSR count). The van der Waals surface area contributed by atoms with Crippen LogP contribution < -0.4 is 5.01 Å². The first-order valence-electron chi connectivity index (χ1n) is 4.49. The third-order valence-electron chi connectivity index (χ3n) is 2.03. The van der Waals surface area contributed by atoms with Crippen LogP contribution in [0.5, 0.6) is 0 Å². The molecule has 0 fully saturated rings. The van der Waals surface area contributed by atoms with Crippen LogP contribution in [0.25, 0.3) is 5.84 Å². The summed E-state index contributed by atoms with van der Waals surface area (Å²) in [5, 5.41) is 1.42. The van der Waals surface area contributed by atoms with E-state index in [2.05, 4.69) is 0 Å². The van der Waals surface area contributed by atoms with Crippen molar-refractivity contribution in [1.29, 1.82) is 0 Å². The van der Waals surface area contributed by atoms with Crippen molar-refractivity contribution in [3.8, 4) is 0 Å². The predicted octanol–water partition coefficient (Wildman–Crippen LogP) is 3.79. The summed E-state index contributed by atoms with van der Waals surface area (Å²) in [4.78, 5) is 0. The molecule has 0 aromatic heterocycles. The Morgan fingerprint density at radius 3 is 1.33 bits per heavy atom. The van der Waals surface area contributed by atoms with Gasteiger partial charge in [0.2, 0.25) is 0 Å². The molecule has 2 nitrogen and oxygen atoms in total. The van der Waals surface area contributed by atoms with Gasteiger partial charge in [0.05, 0.1) is 0 Å². The number of rotatable bonds is 2. The fraction of sp³-hybridized carbons (Fsp3) is 0. The molecule has 0 bridgehead atoms. The number of nitrogens with one attached hydrogen (secondary N) is 1. The van der Waals surface area contributed by atoms with Crippen LogP contribution in [0.1, 0.15) is 0 Å². The van der Waals surface area contributed by atoms with Crippen LogP contribution in [0.4, 0.5) is 11.4 Å². The van der Waals surface area contributed by atoms with Gasteiger partial charge in [-0.3, -0.25) is 0 Å². The molecular formula is C12H11N2Zn-. The van der Waals surface area contributed by atoms with Crippen LogP contribution >= 0.6 is 0 Å². The maximum absolute atomic E-state index is 7.89. The van der Waals surface area contributed by atoms with Crippen molar-refractivity contribution < 1.29 is 19.5 Å². The summed E-state index contributed by atoms with van der Waals surface area (Å²) in [6.07, 6.45) is 0. The molecule has 0 heterocycles. The molecule has 15 heavy (non-hydrogen) atoms. The molecular weight excluding hydrogens is 238 g/mol. The van der Waals surface area contributed by atoms with E-state index in [1.54, 1.807) is 0 Å². The number of hydrogen-bond donors (Lipinski definition) is 0. The van der Waals surface area contributed by atoms with Crippen molar-refractivity contribution in [2.24, 2.45) is 0 Å². The summed E-state index contributed by atoms with van der Waals surface area (Å²) < 4.78 is 0. The van der Waals surface area contributed by atoms with Gasteiger partial charge in [0.25, 0.3) is 0 Å². The Balaban J connectivity index is 0.00000112. The summed E-state index contributed by atoms with van der Waals surface area (Å²) >= 11 is 0. The fourth-order valence-corrected chi connectivity index (χ4v) is 1.30. The number of nitrogens with zero attached hydrogens (tertiary/aromatic N) is 1. The monoisotopic (exact) mass is 247 g/mol. The van der Waals surface area contributed by atoms with Gasteiger partial charge in [-0.25, -0.2) is 0 Å². The quantitative estimate of drug-likeness (QED) is 0.587. The summed E-state index contributed by atoms with van der Waals surface area (Å²) in [6, 6.07) is 19.3. The standard InChI is InChI=1S/C12H11N2.Zn/c13-14(11-7-3-1-4-8-11)12-9-5-2-6-10-12;/h1-10,13H;/q-1;. The molecule has 2 aromatic rings. The van der Waals surface area contributed by atoms with Gasteiger partial charge in [-0.1, -0.05) is 36.4 Å². The Morgan fingerprint density at radius 2 is 1.00 bits per heavy atom. The molecule has 0 aliphatic heterocycles. The molecule has 0 saturated heterocycles. The normalized spacial score (nSPS) is 9.13. The van der Waals surface area contributed by atoms with Crippen molar-refractivity contribution in [3.63, 3.8) is 0 Å². The molecule has 3 heteroatoms. The van der Waals surface area contributed by atoms with Crippen LogP contribution in [-0.4, -0.2) is 0 Å². The number of anilines is 2. The molecule has 0 aliphatic carbocycles. The van der Waals surface area contributed by atoms with Gasteiger partial charge in [0, 0.05) is 30.9 Å². The largest absolute Gasteiger partial charge is 0.578 e. The first kappa shape index (κ1) is 11.9. The molecule has 72 valence electrons. The topological polar surface area (TPSA) is 27.0 Å². The fourth-order valence-electron chi connectivity index (χ4n) is 1.30. The van der Waals surface area contributed by atoms with E-state index in [9.17, 15) is 0 Å². The zero-order chi connectivity index (χ0) is 9.80. The molecule has 1 N–H and O–H groups in total. The van der Waals surface area contributed by atoms with E-state index in [4.69, 9.17) is 5.84 Å². The maximum Gasteiger partial charge on any atom is 0.0237 e. The second-order valence-electron chi connectivity index (χ2n) is 3.01. The van der Waals surface area contributed by atoms with Crippen molar-refractivity contribution in [2.75, 3.05) is 5.01 Å². The van der Waals surface area contributed by atoms with E-state index >= 15 is 0 Å². The summed E-state index contributed by atoms with van der Waals surface area (Å²) in [5.74, 6) is 7.89. The Morgan fingerprint density at radius 1 is 0.667 bits per heavy atom.